The Morgan fingerprint density at radius 3 is 1.44 bits per heavy atom. The third-order valence-corrected chi connectivity index (χ3v) is 8.87. The summed E-state index contributed by atoms with van der Waals surface area (Å²) in [6, 6.07) is 44.6. The molecule has 2 atom stereocenters. The number of alkyl halides is 3. The van der Waals surface area contributed by atoms with Crippen molar-refractivity contribution in [2.75, 3.05) is 14.1 Å². The smallest absolute Gasteiger partial charge is 0.345 e. The first-order valence-electron chi connectivity index (χ1n) is 17.1. The van der Waals surface area contributed by atoms with E-state index in [1.165, 1.54) is 29.2 Å². The molecule has 0 saturated heterocycles. The van der Waals surface area contributed by atoms with E-state index in [2.05, 4.69) is 0 Å². The Morgan fingerprint density at radius 2 is 0.964 bits per heavy atom. The van der Waals surface area contributed by atoms with Crippen molar-refractivity contribution in [2.24, 2.45) is 0 Å². The summed E-state index contributed by atoms with van der Waals surface area (Å²) in [6.07, 6.45) is -4.49. The highest BCUT2D eigenvalue weighted by molar-refractivity contribution is 5.94. The molecule has 0 saturated carbocycles. The minimum Gasteiger partial charge on any atom is -0.345 e. The van der Waals surface area contributed by atoms with Gasteiger partial charge in [0.2, 0.25) is 0 Å². The fourth-order valence-corrected chi connectivity index (χ4v) is 6.24. The van der Waals surface area contributed by atoms with E-state index in [4.69, 9.17) is 5.21 Å². The van der Waals surface area contributed by atoms with E-state index in [1.54, 1.807) is 85.7 Å². The molecule has 0 radical (unpaired) electrons. The number of nitrogens with zero attached hydrogens (tertiary/aromatic N) is 1. The van der Waals surface area contributed by atoms with Crippen LogP contribution in [0, 0.1) is 0 Å². The summed E-state index contributed by atoms with van der Waals surface area (Å²) in [6.45, 7) is 0. The number of carbonyl (C=O) groups is 3. The lowest BCUT2D eigenvalue weighted by atomic mass is 9.88. The van der Waals surface area contributed by atoms with Gasteiger partial charge in [0.25, 0.3) is 17.7 Å². The Labute approximate surface area is 316 Å². The molecule has 55 heavy (non-hydrogen) atoms. The topological polar surface area (TPSA) is 119 Å². The number of amides is 3. The molecule has 6 aromatic rings. The molecule has 0 bridgehead atoms. The average Bonchev–Trinajstić information content (AvgIpc) is 3.21. The van der Waals surface area contributed by atoms with Gasteiger partial charge in [-0.05, 0) is 68.8 Å². The number of hydrogen-bond acceptors (Lipinski definition) is 5. The molecule has 0 aliphatic carbocycles. The van der Waals surface area contributed by atoms with E-state index in [0.29, 0.717) is 22.3 Å². The first-order valence-corrected chi connectivity index (χ1v) is 17.1. The lowest BCUT2D eigenvalue weighted by Crippen LogP contribution is -2.27. The molecule has 4 N–H and O–H groups in total. The number of nitrogens with one attached hydrogen (secondary N) is 2. The van der Waals surface area contributed by atoms with Gasteiger partial charge in [-0.15, -0.1) is 0 Å². The second-order valence-corrected chi connectivity index (χ2v) is 12.7. The quantitative estimate of drug-likeness (QED) is 0.0873. The second kappa shape index (κ2) is 18.0. The van der Waals surface area contributed by atoms with Crippen molar-refractivity contribution in [3.05, 3.63) is 191 Å². The normalized spacial score (nSPS) is 12.0. The third kappa shape index (κ3) is 9.71. The molecule has 6 rings (SSSR count). The first kappa shape index (κ1) is 39.6. The maximum absolute atomic E-state index is 13.3. The van der Waals surface area contributed by atoms with Crippen LogP contribution in [-0.4, -0.2) is 47.1 Å². The van der Waals surface area contributed by atoms with Crippen LogP contribution in [0.2, 0.25) is 0 Å². The van der Waals surface area contributed by atoms with Crippen molar-refractivity contribution < 1.29 is 38.0 Å². The van der Waals surface area contributed by atoms with Gasteiger partial charge in [0.1, 0.15) is 0 Å². The lowest BCUT2D eigenvalue weighted by molar-refractivity contribution is -0.137. The summed E-state index contributed by atoms with van der Waals surface area (Å²) in [5.74, 6) is -2.68. The van der Waals surface area contributed by atoms with Crippen molar-refractivity contribution in [3.8, 4) is 22.3 Å². The Balaban J connectivity index is 0.000000211. The van der Waals surface area contributed by atoms with Crippen molar-refractivity contribution in [1.82, 2.24) is 15.9 Å². The molecule has 0 fully saturated rings. The molecule has 0 aliphatic heterocycles. The summed E-state index contributed by atoms with van der Waals surface area (Å²) in [5.41, 5.74) is 8.16. The monoisotopic (exact) mass is 745 g/mol. The number of carbonyl (C=O) groups excluding carboxylic acids is 3. The van der Waals surface area contributed by atoms with Gasteiger partial charge in [0.15, 0.2) is 0 Å². The van der Waals surface area contributed by atoms with E-state index >= 15 is 0 Å². The Hall–Kier alpha value is -6.56. The molecular weight excluding hydrogens is 707 g/mol. The Bertz CT molecular complexity index is 2230. The molecule has 280 valence electrons. The highest BCUT2D eigenvalue weighted by atomic mass is 19.4. The van der Waals surface area contributed by atoms with E-state index < -0.39 is 35.4 Å². The van der Waals surface area contributed by atoms with E-state index in [9.17, 15) is 32.8 Å². The minimum absolute atomic E-state index is 0.0306. The number of hydrogen-bond donors (Lipinski definition) is 4. The van der Waals surface area contributed by atoms with Crippen LogP contribution >= 0.6 is 0 Å². The van der Waals surface area contributed by atoms with Crippen molar-refractivity contribution in [3.63, 3.8) is 0 Å². The zero-order valence-electron chi connectivity index (χ0n) is 29.9. The van der Waals surface area contributed by atoms with Crippen LogP contribution in [0.3, 0.4) is 0 Å². The Morgan fingerprint density at radius 1 is 0.527 bits per heavy atom. The maximum Gasteiger partial charge on any atom is 0.417 e. The standard InChI is InChI=1S/C23H22N2O3.C21H16F3NO2/c1-25(2)23(27)18-13-11-16(12-14-18)19-9-6-10-20(15-19)21(22(26)24-28)17-7-4-3-5-8-17;22-21(23,24)18-12-5-4-11-17(18)15-9-6-10-16(13-15)19(20(26)25-27)14-7-2-1-3-8-14/h3-15,21,28H,1-2H3,(H,24,26);1-13,19,27H,(H,25,26). The van der Waals surface area contributed by atoms with Crippen molar-refractivity contribution in [2.45, 2.75) is 18.0 Å². The predicted octanol–water partition coefficient (Wildman–Crippen LogP) is 8.70. The molecular formula is C44H38F3N3O5. The summed E-state index contributed by atoms with van der Waals surface area (Å²) >= 11 is 0. The molecule has 0 heterocycles. The SMILES string of the molecule is CN(C)C(=O)c1ccc(-c2cccc(C(C(=O)NO)c3ccccc3)c2)cc1.O=C(NO)C(c1ccccc1)c1cccc(-c2ccccc2C(F)(F)F)c1. The first-order chi connectivity index (χ1) is 26.4. The second-order valence-electron chi connectivity index (χ2n) is 12.7. The molecule has 0 spiro atoms. The van der Waals surface area contributed by atoms with Gasteiger partial charge in [0, 0.05) is 19.7 Å². The summed E-state index contributed by atoms with van der Waals surface area (Å²) in [5, 5.41) is 18.3. The largest absolute Gasteiger partial charge is 0.417 e. The van der Waals surface area contributed by atoms with Crippen molar-refractivity contribution >= 4 is 17.7 Å². The summed E-state index contributed by atoms with van der Waals surface area (Å²) in [7, 11) is 3.44. The average molecular weight is 746 g/mol. The van der Waals surface area contributed by atoms with Crippen LogP contribution in [0.25, 0.3) is 22.3 Å². The summed E-state index contributed by atoms with van der Waals surface area (Å²) < 4.78 is 40.0. The fraction of sp³-hybridized carbons (Fsp3) is 0.114. The van der Waals surface area contributed by atoms with Gasteiger partial charge in [-0.3, -0.25) is 24.8 Å². The molecule has 0 aromatic heterocycles. The van der Waals surface area contributed by atoms with Crippen molar-refractivity contribution in [1.29, 1.82) is 0 Å². The van der Waals surface area contributed by atoms with Crippen LogP contribution in [-0.2, 0) is 15.8 Å². The maximum atomic E-state index is 13.3. The van der Waals surface area contributed by atoms with Gasteiger partial charge < -0.3 is 4.90 Å². The number of benzene rings is 6. The molecule has 2 unspecified atom stereocenters. The number of halogens is 3. The van der Waals surface area contributed by atoms with E-state index in [1.807, 2.05) is 66.7 Å². The van der Waals surface area contributed by atoms with Gasteiger partial charge >= 0.3 is 6.18 Å². The number of hydroxylamine groups is 2. The van der Waals surface area contributed by atoms with Gasteiger partial charge in [0.05, 0.1) is 17.4 Å². The lowest BCUT2D eigenvalue weighted by Gasteiger charge is -2.18. The number of rotatable bonds is 9. The molecule has 3 amide bonds. The Kier molecular flexibility index (Phi) is 13.0. The predicted molar refractivity (Wildman–Crippen MR) is 203 cm³/mol. The van der Waals surface area contributed by atoms with Gasteiger partial charge in [-0.1, -0.05) is 133 Å². The molecule has 11 heteroatoms. The van der Waals surface area contributed by atoms with Crippen LogP contribution in [0.15, 0.2) is 158 Å². The van der Waals surface area contributed by atoms with Crippen LogP contribution in [0.5, 0.6) is 0 Å². The minimum atomic E-state index is -4.49. The zero-order chi connectivity index (χ0) is 39.5. The third-order valence-electron chi connectivity index (χ3n) is 8.87. The van der Waals surface area contributed by atoms with Gasteiger partial charge in [-0.2, -0.15) is 13.2 Å². The highest BCUT2D eigenvalue weighted by Gasteiger charge is 2.33. The zero-order valence-corrected chi connectivity index (χ0v) is 29.9. The summed E-state index contributed by atoms with van der Waals surface area (Å²) in [4.78, 5) is 38.2. The molecule has 0 aliphatic rings. The van der Waals surface area contributed by atoms with E-state index in [-0.39, 0.29) is 11.5 Å². The van der Waals surface area contributed by atoms with Gasteiger partial charge in [-0.25, -0.2) is 11.0 Å². The van der Waals surface area contributed by atoms with Crippen LogP contribution in [0.1, 0.15) is 50.0 Å². The van der Waals surface area contributed by atoms with Crippen LogP contribution in [0.4, 0.5) is 13.2 Å². The molecule has 8 nitrogen and oxygen atoms in total. The highest BCUT2D eigenvalue weighted by Crippen LogP contribution is 2.38. The van der Waals surface area contributed by atoms with E-state index in [0.717, 1.165) is 28.3 Å². The fourth-order valence-electron chi connectivity index (χ4n) is 6.24. The molecule has 6 aromatic carbocycles. The van der Waals surface area contributed by atoms with Crippen LogP contribution < -0.4 is 11.0 Å².